The highest BCUT2D eigenvalue weighted by molar-refractivity contribution is 7.18. The van der Waals surface area contributed by atoms with Crippen molar-refractivity contribution >= 4 is 21.6 Å². The molecule has 1 N–H and O–H groups in total. The zero-order valence-electron chi connectivity index (χ0n) is 12.6. The summed E-state index contributed by atoms with van der Waals surface area (Å²) in [6.07, 6.45) is 3.18. The largest absolute Gasteiger partial charge is 0.387 e. The number of aliphatic hydroxyl groups excluding tert-OH is 1. The molecule has 0 saturated heterocycles. The minimum atomic E-state index is -1.12. The van der Waals surface area contributed by atoms with Crippen molar-refractivity contribution < 1.29 is 13.9 Å². The monoisotopic (exact) mass is 348 g/mol. The molecular weight excluding hydrogens is 334 g/mol. The van der Waals surface area contributed by atoms with Crippen LogP contribution in [-0.2, 0) is 19.4 Å². The van der Waals surface area contributed by atoms with Crippen molar-refractivity contribution in [2.45, 2.75) is 31.9 Å². The molecule has 4 rings (SSSR count). The van der Waals surface area contributed by atoms with E-state index in [1.165, 1.54) is 21.8 Å². The molecule has 0 saturated carbocycles. The summed E-state index contributed by atoms with van der Waals surface area (Å²) in [6, 6.07) is 3.21. The van der Waals surface area contributed by atoms with Crippen LogP contribution < -0.4 is 5.56 Å². The quantitative estimate of drug-likeness (QED) is 0.792. The first kappa shape index (κ1) is 15.4. The molecule has 0 amide bonds. The first-order valence-electron chi connectivity index (χ1n) is 7.67. The van der Waals surface area contributed by atoms with E-state index in [0.29, 0.717) is 5.39 Å². The Hall–Kier alpha value is -2.12. The second-order valence-corrected chi connectivity index (χ2v) is 7.01. The van der Waals surface area contributed by atoms with Crippen molar-refractivity contribution in [2.75, 3.05) is 0 Å². The van der Waals surface area contributed by atoms with Gasteiger partial charge in [0, 0.05) is 4.88 Å². The van der Waals surface area contributed by atoms with E-state index in [4.69, 9.17) is 0 Å². The summed E-state index contributed by atoms with van der Waals surface area (Å²) in [5.41, 5.74) is 1.10. The van der Waals surface area contributed by atoms with Crippen LogP contribution in [0.4, 0.5) is 8.78 Å². The van der Waals surface area contributed by atoms with Crippen LogP contribution >= 0.6 is 11.3 Å². The molecule has 24 heavy (non-hydrogen) atoms. The van der Waals surface area contributed by atoms with Crippen LogP contribution in [0.5, 0.6) is 0 Å². The zero-order valence-corrected chi connectivity index (χ0v) is 13.4. The number of rotatable bonds is 3. The van der Waals surface area contributed by atoms with Gasteiger partial charge in [-0.2, -0.15) is 0 Å². The standard InChI is InChI=1S/C17H14F2N2O2S/c18-11-5-4-9(6-12(11)19)13(22)7-21-8-20-16-15(17(21)23)10-2-1-3-14(10)24-16/h4-6,8,13,22H,1-3,7H2/t13-/m1/s1. The number of nitrogens with zero attached hydrogens (tertiary/aromatic N) is 2. The number of thiophene rings is 1. The summed E-state index contributed by atoms with van der Waals surface area (Å²) in [6.45, 7) is -0.0581. The molecule has 1 atom stereocenters. The third-order valence-electron chi connectivity index (χ3n) is 4.39. The molecule has 0 unspecified atom stereocenters. The fourth-order valence-electron chi connectivity index (χ4n) is 3.16. The number of benzene rings is 1. The molecule has 124 valence electrons. The minimum Gasteiger partial charge on any atom is -0.387 e. The lowest BCUT2D eigenvalue weighted by molar-refractivity contribution is 0.154. The number of aryl methyl sites for hydroxylation is 2. The molecule has 0 aliphatic heterocycles. The average Bonchev–Trinajstić information content (AvgIpc) is 3.13. The highest BCUT2D eigenvalue weighted by atomic mass is 32.1. The van der Waals surface area contributed by atoms with Gasteiger partial charge in [0.2, 0.25) is 0 Å². The minimum absolute atomic E-state index is 0.0581. The van der Waals surface area contributed by atoms with Crippen molar-refractivity contribution in [3.8, 4) is 0 Å². The van der Waals surface area contributed by atoms with Gasteiger partial charge < -0.3 is 5.11 Å². The van der Waals surface area contributed by atoms with Crippen LogP contribution in [-0.4, -0.2) is 14.7 Å². The highest BCUT2D eigenvalue weighted by Crippen LogP contribution is 2.34. The van der Waals surface area contributed by atoms with Crippen LogP contribution in [0.25, 0.3) is 10.2 Å². The molecule has 3 aromatic rings. The summed E-state index contributed by atoms with van der Waals surface area (Å²) in [7, 11) is 0. The van der Waals surface area contributed by atoms with Gasteiger partial charge in [-0.15, -0.1) is 11.3 Å². The smallest absolute Gasteiger partial charge is 0.262 e. The van der Waals surface area contributed by atoms with Crippen molar-refractivity contribution in [3.05, 3.63) is 62.5 Å². The number of hydrogen-bond acceptors (Lipinski definition) is 4. The van der Waals surface area contributed by atoms with E-state index in [-0.39, 0.29) is 17.7 Å². The molecule has 0 fully saturated rings. The van der Waals surface area contributed by atoms with Crippen molar-refractivity contribution in [2.24, 2.45) is 0 Å². The summed E-state index contributed by atoms with van der Waals surface area (Å²) in [5, 5.41) is 10.9. The Bertz CT molecular complexity index is 996. The predicted molar refractivity (Wildman–Crippen MR) is 87.2 cm³/mol. The third-order valence-corrected chi connectivity index (χ3v) is 5.59. The van der Waals surface area contributed by atoms with Crippen LogP contribution in [0.15, 0.2) is 29.3 Å². The maximum Gasteiger partial charge on any atom is 0.262 e. The Morgan fingerprint density at radius 1 is 1.29 bits per heavy atom. The van der Waals surface area contributed by atoms with E-state index < -0.39 is 17.7 Å². The fourth-order valence-corrected chi connectivity index (χ4v) is 4.38. The number of aromatic nitrogens is 2. The van der Waals surface area contributed by atoms with E-state index in [1.54, 1.807) is 11.3 Å². The van der Waals surface area contributed by atoms with E-state index >= 15 is 0 Å². The van der Waals surface area contributed by atoms with Crippen molar-refractivity contribution in [1.82, 2.24) is 9.55 Å². The number of fused-ring (bicyclic) bond motifs is 3. The predicted octanol–water partition coefficient (Wildman–Crippen LogP) is 2.96. The van der Waals surface area contributed by atoms with Gasteiger partial charge in [0.05, 0.1) is 24.4 Å². The van der Waals surface area contributed by atoms with Gasteiger partial charge in [-0.1, -0.05) is 6.07 Å². The van der Waals surface area contributed by atoms with Gasteiger partial charge in [-0.3, -0.25) is 9.36 Å². The van der Waals surface area contributed by atoms with E-state index in [1.807, 2.05) is 0 Å². The first-order chi connectivity index (χ1) is 11.5. The molecule has 2 aromatic heterocycles. The maximum atomic E-state index is 13.3. The second kappa shape index (κ2) is 5.75. The number of halogens is 2. The Morgan fingerprint density at radius 2 is 2.12 bits per heavy atom. The Kier molecular flexibility index (Phi) is 3.69. The van der Waals surface area contributed by atoms with Gasteiger partial charge >= 0.3 is 0 Å². The lowest BCUT2D eigenvalue weighted by Crippen LogP contribution is -2.24. The van der Waals surface area contributed by atoms with Crippen LogP contribution in [0.3, 0.4) is 0 Å². The molecule has 2 heterocycles. The van der Waals surface area contributed by atoms with E-state index in [2.05, 4.69) is 4.98 Å². The summed E-state index contributed by atoms with van der Waals surface area (Å²) >= 11 is 1.55. The lowest BCUT2D eigenvalue weighted by Gasteiger charge is -2.13. The zero-order chi connectivity index (χ0) is 16.8. The number of aliphatic hydroxyl groups is 1. The van der Waals surface area contributed by atoms with Crippen molar-refractivity contribution in [1.29, 1.82) is 0 Å². The normalized spacial score (nSPS) is 15.0. The molecule has 7 heteroatoms. The van der Waals surface area contributed by atoms with Crippen LogP contribution in [0.1, 0.15) is 28.5 Å². The van der Waals surface area contributed by atoms with Gasteiger partial charge in [0.25, 0.3) is 5.56 Å². The van der Waals surface area contributed by atoms with Crippen LogP contribution in [0, 0.1) is 11.6 Å². The van der Waals surface area contributed by atoms with Crippen molar-refractivity contribution in [3.63, 3.8) is 0 Å². The van der Waals surface area contributed by atoms with E-state index in [0.717, 1.165) is 41.8 Å². The van der Waals surface area contributed by atoms with Gasteiger partial charge in [-0.05, 0) is 42.5 Å². The Labute approximate surface area is 140 Å². The maximum absolute atomic E-state index is 13.3. The van der Waals surface area contributed by atoms with Gasteiger partial charge in [0.1, 0.15) is 4.83 Å². The topological polar surface area (TPSA) is 55.1 Å². The molecule has 0 spiro atoms. The fraction of sp³-hybridized carbons (Fsp3) is 0.294. The summed E-state index contributed by atoms with van der Waals surface area (Å²) in [5.74, 6) is -2.00. The molecular formula is C17H14F2N2O2S. The SMILES string of the molecule is O=c1c2c3c(sc2ncn1C[C@@H](O)c1ccc(F)c(F)c1)CCC3. The molecule has 0 bridgehead atoms. The first-order valence-corrected chi connectivity index (χ1v) is 8.49. The number of hydrogen-bond donors (Lipinski definition) is 1. The molecule has 0 radical (unpaired) electrons. The second-order valence-electron chi connectivity index (χ2n) is 5.93. The molecule has 4 nitrogen and oxygen atoms in total. The highest BCUT2D eigenvalue weighted by Gasteiger charge is 2.22. The summed E-state index contributed by atoms with van der Waals surface area (Å²) in [4.78, 5) is 19.0. The average molecular weight is 348 g/mol. The molecule has 1 aliphatic rings. The third kappa shape index (κ3) is 2.44. The molecule has 1 aliphatic carbocycles. The van der Waals surface area contributed by atoms with Gasteiger partial charge in [-0.25, -0.2) is 13.8 Å². The van der Waals surface area contributed by atoms with E-state index in [9.17, 15) is 18.7 Å². The lowest BCUT2D eigenvalue weighted by atomic mass is 10.1. The Balaban J connectivity index is 1.70. The Morgan fingerprint density at radius 3 is 2.92 bits per heavy atom. The van der Waals surface area contributed by atoms with Gasteiger partial charge in [0.15, 0.2) is 11.6 Å². The van der Waals surface area contributed by atoms with Crippen LogP contribution in [0.2, 0.25) is 0 Å². The molecule has 1 aromatic carbocycles. The summed E-state index contributed by atoms with van der Waals surface area (Å²) < 4.78 is 27.6.